The molecule has 1 aromatic heterocycles. The van der Waals surface area contributed by atoms with Crippen LogP contribution in [0.5, 0.6) is 0 Å². The van der Waals surface area contributed by atoms with Gasteiger partial charge >= 0.3 is 0 Å². The first-order valence-electron chi connectivity index (χ1n) is 8.02. The first-order chi connectivity index (χ1) is 12.2. The van der Waals surface area contributed by atoms with E-state index in [0.717, 1.165) is 11.1 Å². The first-order valence-corrected chi connectivity index (χ1v) is 9.18. The van der Waals surface area contributed by atoms with E-state index < -0.39 is 0 Å². The molecule has 128 valence electrons. The molecule has 0 aliphatic carbocycles. The molecule has 1 atom stereocenters. The zero-order chi connectivity index (χ0) is 17.5. The maximum absolute atomic E-state index is 12.0. The molecule has 0 radical (unpaired) electrons. The molecule has 0 saturated carbocycles. The van der Waals surface area contributed by atoms with Gasteiger partial charge in [-0.15, -0.1) is 11.8 Å². The third-order valence-corrected chi connectivity index (χ3v) is 4.55. The van der Waals surface area contributed by atoms with Crippen molar-refractivity contribution in [3.8, 4) is 11.4 Å². The van der Waals surface area contributed by atoms with Crippen LogP contribution in [0, 0.1) is 0 Å². The molecule has 2 aromatic carbocycles. The highest BCUT2D eigenvalue weighted by molar-refractivity contribution is 7.99. The Morgan fingerprint density at radius 2 is 1.80 bits per heavy atom. The molecule has 0 aliphatic rings. The van der Waals surface area contributed by atoms with Gasteiger partial charge < -0.3 is 9.84 Å². The summed E-state index contributed by atoms with van der Waals surface area (Å²) in [5.74, 6) is 1.93. The summed E-state index contributed by atoms with van der Waals surface area (Å²) in [5.41, 5.74) is 2.00. The van der Waals surface area contributed by atoms with E-state index in [1.54, 1.807) is 0 Å². The smallest absolute Gasteiger partial charge is 0.236 e. The van der Waals surface area contributed by atoms with Crippen LogP contribution in [0.1, 0.15) is 24.4 Å². The molecule has 6 heteroatoms. The van der Waals surface area contributed by atoms with Gasteiger partial charge in [0.15, 0.2) is 0 Å². The molecule has 3 rings (SSSR count). The van der Waals surface area contributed by atoms with Crippen LogP contribution in [0.4, 0.5) is 0 Å². The number of hydrogen-bond donors (Lipinski definition) is 1. The number of hydrogen-bond acceptors (Lipinski definition) is 5. The highest BCUT2D eigenvalue weighted by atomic mass is 32.2. The molecular weight excluding hydrogens is 334 g/mol. The van der Waals surface area contributed by atoms with E-state index >= 15 is 0 Å². The summed E-state index contributed by atoms with van der Waals surface area (Å²) in [6.45, 7) is 1.97. The van der Waals surface area contributed by atoms with Gasteiger partial charge in [0.1, 0.15) is 0 Å². The quantitative estimate of drug-likeness (QED) is 0.699. The maximum Gasteiger partial charge on any atom is 0.236 e. The summed E-state index contributed by atoms with van der Waals surface area (Å²) in [6.07, 6.45) is 0. The number of thioether (sulfide) groups is 1. The Morgan fingerprint density at radius 3 is 2.52 bits per heavy atom. The highest BCUT2D eigenvalue weighted by Gasteiger charge is 2.11. The minimum atomic E-state index is -0.0117. The third-order valence-electron chi connectivity index (χ3n) is 3.64. The fourth-order valence-electron chi connectivity index (χ4n) is 2.36. The van der Waals surface area contributed by atoms with Crippen LogP contribution in [0.25, 0.3) is 11.4 Å². The van der Waals surface area contributed by atoms with Crippen molar-refractivity contribution in [2.24, 2.45) is 0 Å². The van der Waals surface area contributed by atoms with E-state index in [9.17, 15) is 4.79 Å². The van der Waals surface area contributed by atoms with Crippen LogP contribution in [0.15, 0.2) is 65.2 Å². The second-order valence-corrected chi connectivity index (χ2v) is 6.56. The summed E-state index contributed by atoms with van der Waals surface area (Å²) < 4.78 is 5.24. The largest absolute Gasteiger partial charge is 0.349 e. The van der Waals surface area contributed by atoms with Crippen molar-refractivity contribution in [1.82, 2.24) is 15.5 Å². The molecule has 3 aromatic rings. The molecule has 5 nitrogen and oxygen atoms in total. The Labute approximate surface area is 150 Å². The van der Waals surface area contributed by atoms with Gasteiger partial charge in [-0.2, -0.15) is 4.98 Å². The fraction of sp³-hybridized carbons (Fsp3) is 0.211. The van der Waals surface area contributed by atoms with E-state index in [0.29, 0.717) is 23.2 Å². The Hall–Kier alpha value is -2.60. The lowest BCUT2D eigenvalue weighted by molar-refractivity contribution is -0.119. The number of carbonyl (C=O) groups is 1. The second-order valence-electron chi connectivity index (χ2n) is 5.57. The van der Waals surface area contributed by atoms with Gasteiger partial charge in [0, 0.05) is 5.56 Å². The fourth-order valence-corrected chi connectivity index (χ4v) is 3.02. The average Bonchev–Trinajstić information content (AvgIpc) is 3.12. The minimum absolute atomic E-state index is 0.0100. The van der Waals surface area contributed by atoms with Crippen molar-refractivity contribution in [2.75, 3.05) is 5.75 Å². The number of nitrogens with one attached hydrogen (secondary N) is 1. The van der Waals surface area contributed by atoms with Crippen molar-refractivity contribution in [2.45, 2.75) is 18.7 Å². The first kappa shape index (κ1) is 17.2. The van der Waals surface area contributed by atoms with Crippen molar-refractivity contribution in [3.63, 3.8) is 0 Å². The van der Waals surface area contributed by atoms with Crippen molar-refractivity contribution in [1.29, 1.82) is 0 Å². The molecule has 1 N–H and O–H groups in total. The van der Waals surface area contributed by atoms with Gasteiger partial charge in [-0.3, -0.25) is 4.79 Å². The molecular formula is C19H19N3O2S. The van der Waals surface area contributed by atoms with Gasteiger partial charge in [-0.1, -0.05) is 65.8 Å². The van der Waals surface area contributed by atoms with Crippen LogP contribution >= 0.6 is 11.8 Å². The zero-order valence-corrected chi connectivity index (χ0v) is 14.7. The number of carbonyl (C=O) groups excluding carboxylic acids is 1. The van der Waals surface area contributed by atoms with Crippen LogP contribution in [0.2, 0.25) is 0 Å². The maximum atomic E-state index is 12.0. The predicted octanol–water partition coefficient (Wildman–Crippen LogP) is 3.85. The summed E-state index contributed by atoms with van der Waals surface area (Å²) in [5, 5.41) is 6.96. The average molecular weight is 353 g/mol. The van der Waals surface area contributed by atoms with E-state index in [1.807, 2.05) is 67.6 Å². The molecule has 0 aliphatic heterocycles. The van der Waals surface area contributed by atoms with Crippen LogP contribution < -0.4 is 5.32 Å². The summed E-state index contributed by atoms with van der Waals surface area (Å²) in [7, 11) is 0. The Balaban J connectivity index is 1.45. The monoisotopic (exact) mass is 353 g/mol. The Kier molecular flexibility index (Phi) is 5.85. The lowest BCUT2D eigenvalue weighted by Crippen LogP contribution is -2.28. The Morgan fingerprint density at radius 1 is 1.12 bits per heavy atom. The van der Waals surface area contributed by atoms with Crippen LogP contribution in [-0.2, 0) is 10.5 Å². The molecule has 0 unspecified atom stereocenters. The van der Waals surface area contributed by atoms with Gasteiger partial charge in [0.25, 0.3) is 0 Å². The van der Waals surface area contributed by atoms with Crippen molar-refractivity contribution in [3.05, 3.63) is 72.1 Å². The molecule has 1 heterocycles. The third kappa shape index (κ3) is 4.93. The zero-order valence-electron chi connectivity index (χ0n) is 13.9. The van der Waals surface area contributed by atoms with Crippen molar-refractivity contribution < 1.29 is 9.32 Å². The highest BCUT2D eigenvalue weighted by Crippen LogP contribution is 2.18. The summed E-state index contributed by atoms with van der Waals surface area (Å²) in [4.78, 5) is 16.4. The molecule has 25 heavy (non-hydrogen) atoms. The number of rotatable bonds is 7. The van der Waals surface area contributed by atoms with E-state index in [-0.39, 0.29) is 11.9 Å². The van der Waals surface area contributed by atoms with E-state index in [2.05, 4.69) is 15.5 Å². The lowest BCUT2D eigenvalue weighted by atomic mass is 10.1. The van der Waals surface area contributed by atoms with Gasteiger partial charge in [-0.05, 0) is 12.5 Å². The Bertz CT molecular complexity index is 806. The van der Waals surface area contributed by atoms with Crippen molar-refractivity contribution >= 4 is 17.7 Å². The number of amides is 1. The standard InChI is InChI=1S/C19H19N3O2S/c1-14(15-8-4-2-5-9-15)20-17(23)12-25-13-18-21-19(22-24-18)16-10-6-3-7-11-16/h2-11,14H,12-13H2,1H3,(H,20,23)/t14-/m1/s1. The molecule has 0 spiro atoms. The number of benzene rings is 2. The van der Waals surface area contributed by atoms with Crippen LogP contribution in [0.3, 0.4) is 0 Å². The van der Waals surface area contributed by atoms with Crippen LogP contribution in [-0.4, -0.2) is 21.8 Å². The molecule has 0 saturated heterocycles. The van der Waals surface area contributed by atoms with Gasteiger partial charge in [0.05, 0.1) is 17.5 Å². The second kappa shape index (κ2) is 8.48. The van der Waals surface area contributed by atoms with E-state index in [1.165, 1.54) is 11.8 Å². The number of nitrogens with zero attached hydrogens (tertiary/aromatic N) is 2. The normalized spacial score (nSPS) is 11.9. The minimum Gasteiger partial charge on any atom is -0.349 e. The SMILES string of the molecule is C[C@@H](NC(=O)CSCc1nc(-c2ccccc2)no1)c1ccccc1. The van der Waals surface area contributed by atoms with E-state index in [4.69, 9.17) is 4.52 Å². The summed E-state index contributed by atoms with van der Waals surface area (Å²) >= 11 is 1.45. The van der Waals surface area contributed by atoms with Gasteiger partial charge in [-0.25, -0.2) is 0 Å². The molecule has 0 bridgehead atoms. The predicted molar refractivity (Wildman–Crippen MR) is 98.9 cm³/mol. The number of aromatic nitrogens is 2. The van der Waals surface area contributed by atoms with Gasteiger partial charge in [0.2, 0.25) is 17.6 Å². The summed E-state index contributed by atoms with van der Waals surface area (Å²) in [6, 6.07) is 19.5. The topological polar surface area (TPSA) is 68.0 Å². The molecule has 0 fully saturated rings. The molecule has 1 amide bonds. The lowest BCUT2D eigenvalue weighted by Gasteiger charge is -2.13.